The van der Waals surface area contributed by atoms with Crippen LogP contribution in [0.15, 0.2) is 35.0 Å². The largest absolute Gasteiger partial charge is 0.478 e. The van der Waals surface area contributed by atoms with E-state index in [4.69, 9.17) is 9.52 Å². The molecule has 0 saturated heterocycles. The van der Waals surface area contributed by atoms with Gasteiger partial charge in [-0.3, -0.25) is 4.90 Å². The lowest BCUT2D eigenvalue weighted by molar-refractivity contribution is -0.132. The van der Waals surface area contributed by atoms with Crippen LogP contribution < -0.4 is 0 Å². The zero-order valence-corrected chi connectivity index (χ0v) is 8.06. The molecule has 1 rings (SSSR count). The Morgan fingerprint density at radius 1 is 1.71 bits per heavy atom. The third kappa shape index (κ3) is 3.06. The summed E-state index contributed by atoms with van der Waals surface area (Å²) in [4.78, 5) is 12.3. The minimum absolute atomic E-state index is 0.180. The topological polar surface area (TPSA) is 53.7 Å². The van der Waals surface area contributed by atoms with Gasteiger partial charge in [0.2, 0.25) is 0 Å². The van der Waals surface area contributed by atoms with E-state index in [2.05, 4.69) is 6.58 Å². The van der Waals surface area contributed by atoms with Gasteiger partial charge in [0, 0.05) is 12.1 Å². The first-order valence-electron chi connectivity index (χ1n) is 4.21. The van der Waals surface area contributed by atoms with Crippen molar-refractivity contribution in [3.8, 4) is 0 Å². The van der Waals surface area contributed by atoms with Crippen LogP contribution in [-0.4, -0.2) is 29.6 Å². The van der Waals surface area contributed by atoms with Crippen molar-refractivity contribution in [2.24, 2.45) is 0 Å². The van der Waals surface area contributed by atoms with Gasteiger partial charge in [0.05, 0.1) is 12.8 Å². The third-order valence-corrected chi connectivity index (χ3v) is 1.77. The van der Waals surface area contributed by atoms with Crippen LogP contribution in [0.2, 0.25) is 0 Å². The van der Waals surface area contributed by atoms with Crippen molar-refractivity contribution in [1.82, 2.24) is 4.90 Å². The summed E-state index contributed by atoms with van der Waals surface area (Å²) in [6, 6.07) is 3.65. The van der Waals surface area contributed by atoms with Crippen molar-refractivity contribution < 1.29 is 14.3 Å². The summed E-state index contributed by atoms with van der Waals surface area (Å²) in [5.74, 6) is -0.151. The number of hydrogen-bond acceptors (Lipinski definition) is 3. The van der Waals surface area contributed by atoms with Crippen LogP contribution in [-0.2, 0) is 11.3 Å². The van der Waals surface area contributed by atoms with Crippen molar-refractivity contribution in [3.63, 3.8) is 0 Å². The lowest BCUT2D eigenvalue weighted by atomic mass is 10.3. The molecule has 0 radical (unpaired) electrons. The quantitative estimate of drug-likeness (QED) is 0.720. The fraction of sp³-hybridized carbons (Fsp3) is 0.300. The number of carbonyl (C=O) groups is 1. The summed E-state index contributed by atoms with van der Waals surface area (Å²) < 4.78 is 5.13. The molecule has 0 spiro atoms. The van der Waals surface area contributed by atoms with Crippen LogP contribution in [0, 0.1) is 0 Å². The van der Waals surface area contributed by atoms with E-state index in [1.165, 1.54) is 0 Å². The maximum Gasteiger partial charge on any atom is 0.332 e. The van der Waals surface area contributed by atoms with Crippen LogP contribution in [0.3, 0.4) is 0 Å². The van der Waals surface area contributed by atoms with Gasteiger partial charge < -0.3 is 9.52 Å². The van der Waals surface area contributed by atoms with Crippen molar-refractivity contribution >= 4 is 5.97 Å². The minimum atomic E-state index is -0.962. The van der Waals surface area contributed by atoms with Gasteiger partial charge in [-0.2, -0.15) is 0 Å². The number of furan rings is 1. The predicted molar refractivity (Wildman–Crippen MR) is 51.8 cm³/mol. The third-order valence-electron chi connectivity index (χ3n) is 1.77. The molecular formula is C10H13NO3. The highest BCUT2D eigenvalue weighted by Crippen LogP contribution is 2.05. The molecule has 76 valence electrons. The molecule has 0 aliphatic rings. The van der Waals surface area contributed by atoms with E-state index in [1.54, 1.807) is 12.3 Å². The molecule has 0 amide bonds. The number of likely N-dealkylation sites (N-methyl/N-ethyl adjacent to an activating group) is 1. The van der Waals surface area contributed by atoms with Crippen LogP contribution >= 0.6 is 0 Å². The Kier molecular flexibility index (Phi) is 3.48. The van der Waals surface area contributed by atoms with Crippen molar-refractivity contribution in [2.45, 2.75) is 6.54 Å². The molecule has 4 nitrogen and oxygen atoms in total. The van der Waals surface area contributed by atoms with Crippen molar-refractivity contribution in [3.05, 3.63) is 36.3 Å². The second-order valence-electron chi connectivity index (χ2n) is 3.16. The molecule has 1 aromatic heterocycles. The highest BCUT2D eigenvalue weighted by Gasteiger charge is 2.08. The van der Waals surface area contributed by atoms with Crippen molar-refractivity contribution in [2.75, 3.05) is 13.6 Å². The van der Waals surface area contributed by atoms with Crippen LogP contribution in [0.4, 0.5) is 0 Å². The number of aliphatic carboxylic acids is 1. The molecule has 0 bridgehead atoms. The molecule has 0 aromatic carbocycles. The molecule has 0 fully saturated rings. The fourth-order valence-electron chi connectivity index (χ4n) is 1.12. The zero-order chi connectivity index (χ0) is 10.6. The Labute approximate surface area is 82.4 Å². The van der Waals surface area contributed by atoms with E-state index in [-0.39, 0.29) is 5.57 Å². The maximum absolute atomic E-state index is 10.5. The van der Waals surface area contributed by atoms with E-state index >= 15 is 0 Å². The average Bonchev–Trinajstić information content (AvgIpc) is 2.56. The molecule has 1 aromatic rings. The smallest absolute Gasteiger partial charge is 0.332 e. The Morgan fingerprint density at radius 3 is 2.93 bits per heavy atom. The molecule has 14 heavy (non-hydrogen) atoms. The average molecular weight is 195 g/mol. The van der Waals surface area contributed by atoms with Crippen molar-refractivity contribution in [1.29, 1.82) is 0 Å². The summed E-state index contributed by atoms with van der Waals surface area (Å²) in [6.45, 7) is 4.36. The van der Waals surface area contributed by atoms with E-state index in [0.29, 0.717) is 13.1 Å². The van der Waals surface area contributed by atoms with E-state index in [0.717, 1.165) is 5.76 Å². The monoisotopic (exact) mass is 195 g/mol. The molecule has 1 N–H and O–H groups in total. The first-order valence-corrected chi connectivity index (χ1v) is 4.21. The van der Waals surface area contributed by atoms with Crippen LogP contribution in [0.5, 0.6) is 0 Å². The van der Waals surface area contributed by atoms with E-state index in [1.807, 2.05) is 18.0 Å². The van der Waals surface area contributed by atoms with E-state index in [9.17, 15) is 4.79 Å². The number of carboxylic acids is 1. The van der Waals surface area contributed by atoms with Crippen LogP contribution in [0.25, 0.3) is 0 Å². The highest BCUT2D eigenvalue weighted by atomic mass is 16.4. The van der Waals surface area contributed by atoms with Gasteiger partial charge in [-0.1, -0.05) is 6.58 Å². The zero-order valence-electron chi connectivity index (χ0n) is 8.06. The molecular weight excluding hydrogens is 182 g/mol. The van der Waals surface area contributed by atoms with Gasteiger partial charge >= 0.3 is 5.97 Å². The predicted octanol–water partition coefficient (Wildman–Crippen LogP) is 1.35. The van der Waals surface area contributed by atoms with E-state index < -0.39 is 5.97 Å². The Balaban J connectivity index is 2.40. The van der Waals surface area contributed by atoms with Gasteiger partial charge in [-0.25, -0.2) is 4.79 Å². The summed E-state index contributed by atoms with van der Waals surface area (Å²) >= 11 is 0. The molecule has 0 aliphatic heterocycles. The first kappa shape index (κ1) is 10.5. The van der Waals surface area contributed by atoms with Gasteiger partial charge in [0.1, 0.15) is 5.76 Å². The molecule has 4 heteroatoms. The van der Waals surface area contributed by atoms with Crippen LogP contribution in [0.1, 0.15) is 5.76 Å². The minimum Gasteiger partial charge on any atom is -0.478 e. The fourth-order valence-corrected chi connectivity index (χ4v) is 1.12. The second-order valence-corrected chi connectivity index (χ2v) is 3.16. The number of carboxylic acid groups (broad SMARTS) is 1. The highest BCUT2D eigenvalue weighted by molar-refractivity contribution is 5.86. The normalized spacial score (nSPS) is 10.4. The summed E-state index contributed by atoms with van der Waals surface area (Å²) in [6.07, 6.45) is 1.59. The lowest BCUT2D eigenvalue weighted by Crippen LogP contribution is -2.22. The number of hydrogen-bond donors (Lipinski definition) is 1. The van der Waals surface area contributed by atoms with Gasteiger partial charge in [-0.15, -0.1) is 0 Å². The summed E-state index contributed by atoms with van der Waals surface area (Å²) in [5.41, 5.74) is 0.180. The Hall–Kier alpha value is -1.55. The number of rotatable bonds is 5. The molecule has 0 atom stereocenters. The molecule has 0 aliphatic carbocycles. The SMILES string of the molecule is C=C(CN(C)Cc1ccco1)C(=O)O. The molecule has 0 unspecified atom stereocenters. The van der Waals surface area contributed by atoms with Gasteiger partial charge in [0.25, 0.3) is 0 Å². The molecule has 0 saturated carbocycles. The standard InChI is InChI=1S/C10H13NO3/c1-8(10(12)13)6-11(2)7-9-4-3-5-14-9/h3-5H,1,6-7H2,2H3,(H,12,13). The second kappa shape index (κ2) is 4.62. The molecule has 1 heterocycles. The lowest BCUT2D eigenvalue weighted by Gasteiger charge is -2.14. The maximum atomic E-state index is 10.5. The summed E-state index contributed by atoms with van der Waals surface area (Å²) in [5, 5.41) is 8.61. The summed E-state index contributed by atoms with van der Waals surface area (Å²) in [7, 11) is 1.82. The number of nitrogens with zero attached hydrogens (tertiary/aromatic N) is 1. The first-order chi connectivity index (χ1) is 6.59. The van der Waals surface area contributed by atoms with Gasteiger partial charge in [0.15, 0.2) is 0 Å². The Morgan fingerprint density at radius 2 is 2.43 bits per heavy atom. The Bertz CT molecular complexity index is 316. The van der Waals surface area contributed by atoms with Gasteiger partial charge in [-0.05, 0) is 19.2 Å².